The number of thioether (sulfide) groups is 1. The van der Waals surface area contributed by atoms with Gasteiger partial charge in [-0.1, -0.05) is 6.92 Å². The van der Waals surface area contributed by atoms with Crippen LogP contribution in [0, 0.1) is 23.0 Å². The molecule has 1 unspecified atom stereocenters. The fourth-order valence-electron chi connectivity index (χ4n) is 1.47. The second-order valence-electron chi connectivity index (χ2n) is 3.97. The molecule has 0 saturated heterocycles. The predicted octanol–water partition coefficient (Wildman–Crippen LogP) is 3.07. The van der Waals surface area contributed by atoms with E-state index in [0.717, 1.165) is 23.6 Å². The van der Waals surface area contributed by atoms with E-state index >= 15 is 0 Å². The molecule has 0 spiro atoms. The van der Waals surface area contributed by atoms with E-state index in [1.165, 1.54) is 0 Å². The predicted molar refractivity (Wildman–Crippen MR) is 70.4 cm³/mol. The summed E-state index contributed by atoms with van der Waals surface area (Å²) in [6.45, 7) is 4.17. The van der Waals surface area contributed by atoms with Crippen LogP contribution in [0.4, 0.5) is 8.78 Å². The van der Waals surface area contributed by atoms with Crippen molar-refractivity contribution >= 4 is 11.8 Å². The fraction of sp³-hybridized carbons (Fsp3) is 0.462. The molecule has 1 aromatic rings. The lowest BCUT2D eigenvalue weighted by atomic mass is 10.1. The van der Waals surface area contributed by atoms with Crippen molar-refractivity contribution < 1.29 is 8.78 Å². The minimum atomic E-state index is -0.672. The van der Waals surface area contributed by atoms with E-state index in [-0.39, 0.29) is 23.7 Å². The van der Waals surface area contributed by atoms with Crippen LogP contribution in [0.3, 0.4) is 0 Å². The van der Waals surface area contributed by atoms with Crippen LogP contribution in [0.15, 0.2) is 12.1 Å². The lowest BCUT2D eigenvalue weighted by Gasteiger charge is -2.14. The summed E-state index contributed by atoms with van der Waals surface area (Å²) in [5, 5.41) is 11.7. The van der Waals surface area contributed by atoms with Crippen LogP contribution in [0.5, 0.6) is 0 Å². The molecule has 0 saturated carbocycles. The molecule has 5 heteroatoms. The molecular formula is C13H16F2N2S. The third-order valence-corrected chi connectivity index (χ3v) is 3.61. The Balaban J connectivity index is 2.65. The molecule has 0 heterocycles. The van der Waals surface area contributed by atoms with E-state index < -0.39 is 11.6 Å². The molecular weight excluding hydrogens is 254 g/mol. The molecule has 1 N–H and O–H groups in total. The molecule has 1 atom stereocenters. The summed E-state index contributed by atoms with van der Waals surface area (Å²) in [6.07, 6.45) is 0. The standard InChI is InChI=1S/C13H16F2N2S/c1-3-18-8-9(2)17-7-11-12(14)4-10(6-16)5-13(11)15/h4-5,9,17H,3,7-8H2,1-2H3. The highest BCUT2D eigenvalue weighted by Crippen LogP contribution is 2.15. The number of nitrogens with zero attached hydrogens (tertiary/aromatic N) is 1. The highest BCUT2D eigenvalue weighted by molar-refractivity contribution is 7.99. The van der Waals surface area contributed by atoms with Gasteiger partial charge < -0.3 is 5.32 Å². The summed E-state index contributed by atoms with van der Waals surface area (Å²) in [4.78, 5) is 0. The molecule has 0 aliphatic rings. The van der Waals surface area contributed by atoms with Gasteiger partial charge >= 0.3 is 0 Å². The zero-order chi connectivity index (χ0) is 13.5. The van der Waals surface area contributed by atoms with Crippen molar-refractivity contribution in [3.05, 3.63) is 34.9 Å². The number of hydrogen-bond donors (Lipinski definition) is 1. The van der Waals surface area contributed by atoms with Crippen LogP contribution in [0.2, 0.25) is 0 Å². The van der Waals surface area contributed by atoms with Crippen LogP contribution in [0.1, 0.15) is 25.0 Å². The van der Waals surface area contributed by atoms with Crippen molar-refractivity contribution in [2.24, 2.45) is 0 Å². The summed E-state index contributed by atoms with van der Waals surface area (Å²) in [5.41, 5.74) is -0.00862. The maximum atomic E-state index is 13.6. The minimum absolute atomic E-state index is 0.00309. The van der Waals surface area contributed by atoms with Crippen LogP contribution in [0.25, 0.3) is 0 Å². The Kier molecular flexibility index (Phi) is 6.10. The minimum Gasteiger partial charge on any atom is -0.309 e. The molecule has 0 amide bonds. The van der Waals surface area contributed by atoms with Crippen molar-refractivity contribution in [1.29, 1.82) is 5.26 Å². The molecule has 0 bridgehead atoms. The Labute approximate surface area is 110 Å². The van der Waals surface area contributed by atoms with Crippen LogP contribution in [-0.2, 0) is 6.54 Å². The Morgan fingerprint density at radius 3 is 2.50 bits per heavy atom. The van der Waals surface area contributed by atoms with E-state index in [2.05, 4.69) is 12.2 Å². The molecule has 0 fully saturated rings. The third-order valence-electron chi connectivity index (χ3n) is 2.47. The van der Waals surface area contributed by atoms with Crippen molar-refractivity contribution in [3.8, 4) is 6.07 Å². The van der Waals surface area contributed by atoms with E-state index in [4.69, 9.17) is 5.26 Å². The van der Waals surface area contributed by atoms with E-state index in [9.17, 15) is 8.78 Å². The third kappa shape index (κ3) is 4.28. The summed E-state index contributed by atoms with van der Waals surface area (Å²) >= 11 is 1.77. The normalized spacial score (nSPS) is 12.2. The fourth-order valence-corrected chi connectivity index (χ4v) is 2.17. The van der Waals surface area contributed by atoms with E-state index in [1.807, 2.05) is 6.92 Å². The quantitative estimate of drug-likeness (QED) is 0.863. The largest absolute Gasteiger partial charge is 0.309 e. The first-order chi connectivity index (χ1) is 8.58. The summed E-state index contributed by atoms with van der Waals surface area (Å²) in [7, 11) is 0. The monoisotopic (exact) mass is 270 g/mol. The zero-order valence-corrected chi connectivity index (χ0v) is 11.3. The van der Waals surface area contributed by atoms with Gasteiger partial charge in [0.25, 0.3) is 0 Å². The first kappa shape index (κ1) is 14.9. The molecule has 0 radical (unpaired) electrons. The molecule has 98 valence electrons. The molecule has 0 aromatic heterocycles. The first-order valence-electron chi connectivity index (χ1n) is 5.77. The van der Waals surface area contributed by atoms with E-state index in [1.54, 1.807) is 17.8 Å². The van der Waals surface area contributed by atoms with E-state index in [0.29, 0.717) is 0 Å². The number of benzene rings is 1. The van der Waals surface area contributed by atoms with Crippen LogP contribution < -0.4 is 5.32 Å². The second kappa shape index (κ2) is 7.34. The lowest BCUT2D eigenvalue weighted by Crippen LogP contribution is -2.28. The van der Waals surface area contributed by atoms with Gasteiger partial charge in [0.05, 0.1) is 11.6 Å². The maximum Gasteiger partial charge on any atom is 0.131 e. The highest BCUT2D eigenvalue weighted by atomic mass is 32.2. The first-order valence-corrected chi connectivity index (χ1v) is 6.93. The van der Waals surface area contributed by atoms with Crippen LogP contribution >= 0.6 is 11.8 Å². The van der Waals surface area contributed by atoms with Gasteiger partial charge in [0.1, 0.15) is 11.6 Å². The number of nitriles is 1. The Bertz CT molecular complexity index is 420. The molecule has 1 rings (SSSR count). The van der Waals surface area contributed by atoms with Crippen LogP contribution in [-0.4, -0.2) is 17.5 Å². The average Bonchev–Trinajstić information content (AvgIpc) is 2.34. The summed E-state index contributed by atoms with van der Waals surface area (Å²) in [5.74, 6) is 0.575. The molecule has 18 heavy (non-hydrogen) atoms. The van der Waals surface area contributed by atoms with Crippen molar-refractivity contribution in [2.75, 3.05) is 11.5 Å². The van der Waals surface area contributed by atoms with Crippen molar-refractivity contribution in [2.45, 2.75) is 26.4 Å². The maximum absolute atomic E-state index is 13.6. The van der Waals surface area contributed by atoms with Gasteiger partial charge in [0.15, 0.2) is 0 Å². The second-order valence-corrected chi connectivity index (χ2v) is 5.29. The van der Waals surface area contributed by atoms with Gasteiger partial charge in [-0.2, -0.15) is 17.0 Å². The van der Waals surface area contributed by atoms with Gasteiger partial charge in [-0.15, -0.1) is 0 Å². The Morgan fingerprint density at radius 2 is 2.00 bits per heavy atom. The van der Waals surface area contributed by atoms with Crippen molar-refractivity contribution in [1.82, 2.24) is 5.32 Å². The smallest absolute Gasteiger partial charge is 0.131 e. The summed E-state index contributed by atoms with van der Waals surface area (Å²) in [6, 6.07) is 4.03. The molecule has 0 aliphatic carbocycles. The Morgan fingerprint density at radius 1 is 1.39 bits per heavy atom. The summed E-state index contributed by atoms with van der Waals surface area (Å²) < 4.78 is 27.1. The SMILES string of the molecule is CCSCC(C)NCc1c(F)cc(C#N)cc1F. The van der Waals surface area contributed by atoms with Gasteiger partial charge in [-0.3, -0.25) is 0 Å². The van der Waals surface area contributed by atoms with Crippen molar-refractivity contribution in [3.63, 3.8) is 0 Å². The number of hydrogen-bond acceptors (Lipinski definition) is 3. The number of rotatable bonds is 6. The highest BCUT2D eigenvalue weighted by Gasteiger charge is 2.12. The molecule has 1 aromatic carbocycles. The topological polar surface area (TPSA) is 35.8 Å². The Hall–Kier alpha value is -1.12. The number of nitrogens with one attached hydrogen (secondary N) is 1. The van der Waals surface area contributed by atoms with Gasteiger partial charge in [-0.05, 0) is 24.8 Å². The molecule has 2 nitrogen and oxygen atoms in total. The number of halogens is 2. The van der Waals surface area contributed by atoms with Gasteiger partial charge in [0, 0.05) is 23.9 Å². The van der Waals surface area contributed by atoms with Gasteiger partial charge in [-0.25, -0.2) is 8.78 Å². The zero-order valence-electron chi connectivity index (χ0n) is 10.5. The molecule has 0 aliphatic heterocycles. The van der Waals surface area contributed by atoms with Gasteiger partial charge in [0.2, 0.25) is 0 Å². The average molecular weight is 270 g/mol. The lowest BCUT2D eigenvalue weighted by molar-refractivity contribution is 0.516.